The third-order valence-corrected chi connectivity index (χ3v) is 3.81. The first-order chi connectivity index (χ1) is 10.3. The van der Waals surface area contributed by atoms with Crippen LogP contribution in [0.1, 0.15) is 48.9 Å². The Bertz CT molecular complexity index is 660. The molecule has 0 fully saturated rings. The topological polar surface area (TPSA) is 71.9 Å². The summed E-state index contributed by atoms with van der Waals surface area (Å²) in [7, 11) is 0. The number of rotatable bonds is 4. The highest BCUT2D eigenvalue weighted by molar-refractivity contribution is 5.36. The van der Waals surface area contributed by atoms with E-state index in [9.17, 15) is 0 Å². The molecular weight excluding hydrogens is 266 g/mol. The van der Waals surface area contributed by atoms with Gasteiger partial charge in [0.15, 0.2) is 5.82 Å². The second-order valence-corrected chi connectivity index (χ2v) is 5.41. The molecule has 0 N–H and O–H groups in total. The van der Waals surface area contributed by atoms with E-state index in [1.54, 1.807) is 0 Å². The van der Waals surface area contributed by atoms with Gasteiger partial charge in [-0.15, -0.1) is 0 Å². The van der Waals surface area contributed by atoms with Crippen LogP contribution in [0.3, 0.4) is 0 Å². The van der Waals surface area contributed by atoms with Gasteiger partial charge < -0.3 is 9.26 Å². The van der Waals surface area contributed by atoms with Crippen LogP contribution >= 0.6 is 0 Å². The Kier molecular flexibility index (Phi) is 3.87. The minimum Gasteiger partial charge on any atom is -0.493 e. The molecule has 0 amide bonds. The molecule has 1 aromatic heterocycles. The van der Waals surface area contributed by atoms with E-state index < -0.39 is 0 Å². The monoisotopic (exact) mass is 283 g/mol. The molecule has 2 atom stereocenters. The van der Waals surface area contributed by atoms with Gasteiger partial charge in [-0.1, -0.05) is 30.3 Å². The molecule has 0 saturated carbocycles. The number of hydrogen-bond acceptors (Lipinski definition) is 5. The van der Waals surface area contributed by atoms with Crippen molar-refractivity contribution in [2.75, 3.05) is 6.61 Å². The fourth-order valence-electron chi connectivity index (χ4n) is 2.51. The van der Waals surface area contributed by atoms with Crippen LogP contribution in [-0.4, -0.2) is 16.7 Å². The molecule has 1 aromatic carbocycles. The quantitative estimate of drug-likeness (QED) is 0.861. The Hall–Kier alpha value is -2.35. The van der Waals surface area contributed by atoms with Gasteiger partial charge in [0, 0.05) is 12.3 Å². The van der Waals surface area contributed by atoms with Gasteiger partial charge in [-0.2, -0.15) is 10.2 Å². The third kappa shape index (κ3) is 2.89. The Balaban J connectivity index is 1.72. The molecule has 5 heteroatoms. The summed E-state index contributed by atoms with van der Waals surface area (Å²) < 4.78 is 11.1. The van der Waals surface area contributed by atoms with E-state index in [-0.39, 0.29) is 11.8 Å². The first-order valence-corrected chi connectivity index (χ1v) is 7.19. The number of para-hydroxylation sites is 1. The highest BCUT2D eigenvalue weighted by Gasteiger charge is 2.26. The molecule has 108 valence electrons. The van der Waals surface area contributed by atoms with Crippen molar-refractivity contribution in [2.45, 2.75) is 38.0 Å². The third-order valence-electron chi connectivity index (χ3n) is 3.81. The Morgan fingerprint density at radius 2 is 2.29 bits per heavy atom. The van der Waals surface area contributed by atoms with Crippen LogP contribution in [-0.2, 0) is 6.42 Å². The molecule has 2 aromatic rings. The van der Waals surface area contributed by atoms with E-state index in [4.69, 9.17) is 14.5 Å². The van der Waals surface area contributed by atoms with E-state index in [1.807, 2.05) is 25.1 Å². The van der Waals surface area contributed by atoms with Crippen molar-refractivity contribution in [2.24, 2.45) is 0 Å². The van der Waals surface area contributed by atoms with E-state index in [0.717, 1.165) is 18.6 Å². The predicted octanol–water partition coefficient (Wildman–Crippen LogP) is 3.20. The lowest BCUT2D eigenvalue weighted by atomic mass is 9.96. The molecule has 1 aliphatic heterocycles. The number of nitrogens with zero attached hydrogens (tertiary/aromatic N) is 3. The van der Waals surface area contributed by atoms with Crippen molar-refractivity contribution in [3.8, 4) is 11.8 Å². The molecule has 2 unspecified atom stereocenters. The Morgan fingerprint density at radius 3 is 3.14 bits per heavy atom. The summed E-state index contributed by atoms with van der Waals surface area (Å²) in [6, 6.07) is 10.2. The zero-order valence-electron chi connectivity index (χ0n) is 12.0. The van der Waals surface area contributed by atoms with Crippen molar-refractivity contribution in [1.29, 1.82) is 5.26 Å². The number of benzene rings is 1. The van der Waals surface area contributed by atoms with Crippen molar-refractivity contribution < 1.29 is 9.26 Å². The first-order valence-electron chi connectivity index (χ1n) is 7.19. The van der Waals surface area contributed by atoms with Gasteiger partial charge in [-0.25, -0.2) is 0 Å². The van der Waals surface area contributed by atoms with Crippen molar-refractivity contribution in [3.63, 3.8) is 0 Å². The van der Waals surface area contributed by atoms with Crippen LogP contribution in [0.2, 0.25) is 0 Å². The summed E-state index contributed by atoms with van der Waals surface area (Å²) in [5.74, 6) is 2.49. The maximum Gasteiger partial charge on any atom is 0.229 e. The van der Waals surface area contributed by atoms with Crippen molar-refractivity contribution in [1.82, 2.24) is 10.1 Å². The molecule has 0 spiro atoms. The summed E-state index contributed by atoms with van der Waals surface area (Å²) in [5.41, 5.74) is 1.18. The molecule has 0 saturated heterocycles. The fraction of sp³-hybridized carbons (Fsp3) is 0.438. The number of nitriles is 1. The second kappa shape index (κ2) is 5.96. The van der Waals surface area contributed by atoms with Crippen molar-refractivity contribution in [3.05, 3.63) is 41.5 Å². The van der Waals surface area contributed by atoms with E-state index in [1.165, 1.54) is 5.56 Å². The zero-order valence-corrected chi connectivity index (χ0v) is 12.0. The first kappa shape index (κ1) is 13.6. The van der Waals surface area contributed by atoms with Gasteiger partial charge in [-0.05, 0) is 24.5 Å². The summed E-state index contributed by atoms with van der Waals surface area (Å²) in [5, 5.41) is 12.7. The smallest absolute Gasteiger partial charge is 0.229 e. The molecule has 3 rings (SSSR count). The Morgan fingerprint density at radius 1 is 1.43 bits per heavy atom. The molecule has 2 heterocycles. The normalized spacial score (nSPS) is 18.4. The van der Waals surface area contributed by atoms with Crippen LogP contribution < -0.4 is 4.74 Å². The number of ether oxygens (including phenoxy) is 1. The van der Waals surface area contributed by atoms with E-state index >= 15 is 0 Å². The van der Waals surface area contributed by atoms with Crippen LogP contribution in [0, 0.1) is 11.3 Å². The molecule has 0 bridgehead atoms. The lowest BCUT2D eigenvalue weighted by Crippen LogP contribution is -2.20. The summed E-state index contributed by atoms with van der Waals surface area (Å²) in [4.78, 5) is 4.49. The van der Waals surface area contributed by atoms with Crippen LogP contribution in [0.25, 0.3) is 0 Å². The summed E-state index contributed by atoms with van der Waals surface area (Å²) in [6.45, 7) is 2.57. The summed E-state index contributed by atoms with van der Waals surface area (Å²) >= 11 is 0. The lowest BCUT2D eigenvalue weighted by molar-refractivity contribution is 0.253. The minimum atomic E-state index is 0.114. The van der Waals surface area contributed by atoms with Gasteiger partial charge in [0.1, 0.15) is 5.75 Å². The standard InChI is InChI=1S/C16H17N3O2/c1-11(5-4-8-17)16-18-15(19-21-16)13-9-12-6-2-3-7-14(12)20-10-13/h2-3,6-7,11,13H,4-5,9-10H2,1H3. The molecule has 0 aliphatic carbocycles. The van der Waals surface area contributed by atoms with Gasteiger partial charge in [0.2, 0.25) is 5.89 Å². The maximum absolute atomic E-state index is 8.63. The summed E-state index contributed by atoms with van der Waals surface area (Å²) in [6.07, 6.45) is 2.10. The fourth-order valence-corrected chi connectivity index (χ4v) is 2.51. The molecule has 21 heavy (non-hydrogen) atoms. The number of fused-ring (bicyclic) bond motifs is 1. The second-order valence-electron chi connectivity index (χ2n) is 5.41. The van der Waals surface area contributed by atoms with Crippen molar-refractivity contribution >= 4 is 0 Å². The average molecular weight is 283 g/mol. The Labute approximate surface area is 123 Å². The predicted molar refractivity (Wildman–Crippen MR) is 75.9 cm³/mol. The molecule has 5 nitrogen and oxygen atoms in total. The maximum atomic E-state index is 8.63. The highest BCUT2D eigenvalue weighted by atomic mass is 16.5. The van der Waals surface area contributed by atoms with Crippen LogP contribution in [0.4, 0.5) is 0 Å². The van der Waals surface area contributed by atoms with Crippen LogP contribution in [0.5, 0.6) is 5.75 Å². The lowest BCUT2D eigenvalue weighted by Gasteiger charge is -2.22. The largest absolute Gasteiger partial charge is 0.493 e. The zero-order chi connectivity index (χ0) is 14.7. The van der Waals surface area contributed by atoms with Gasteiger partial charge in [-0.3, -0.25) is 0 Å². The average Bonchev–Trinajstić information content (AvgIpc) is 3.02. The van der Waals surface area contributed by atoms with Crippen LogP contribution in [0.15, 0.2) is 28.8 Å². The molecule has 1 aliphatic rings. The SMILES string of the molecule is CC(CCC#N)c1nc(C2COc3ccccc3C2)no1. The highest BCUT2D eigenvalue weighted by Crippen LogP contribution is 2.31. The number of aromatic nitrogens is 2. The van der Waals surface area contributed by atoms with Gasteiger partial charge >= 0.3 is 0 Å². The molecular formula is C16H17N3O2. The van der Waals surface area contributed by atoms with Gasteiger partial charge in [0.05, 0.1) is 18.6 Å². The molecule has 0 radical (unpaired) electrons. The van der Waals surface area contributed by atoms with E-state index in [2.05, 4.69) is 22.3 Å². The van der Waals surface area contributed by atoms with E-state index in [0.29, 0.717) is 24.7 Å². The number of hydrogen-bond donors (Lipinski definition) is 0. The minimum absolute atomic E-state index is 0.114. The van der Waals surface area contributed by atoms with Gasteiger partial charge in [0.25, 0.3) is 0 Å².